The van der Waals surface area contributed by atoms with E-state index in [9.17, 15) is 9.59 Å². The van der Waals surface area contributed by atoms with Crippen molar-refractivity contribution in [3.8, 4) is 0 Å². The first-order valence-corrected chi connectivity index (χ1v) is 8.49. The summed E-state index contributed by atoms with van der Waals surface area (Å²) in [5.74, 6) is -0.784. The van der Waals surface area contributed by atoms with Gasteiger partial charge in [-0.2, -0.15) is 9.88 Å². The van der Waals surface area contributed by atoms with Crippen LogP contribution in [0.1, 0.15) is 27.3 Å². The third-order valence-electron chi connectivity index (χ3n) is 3.83. The maximum atomic E-state index is 12.3. The molecule has 0 saturated heterocycles. The highest BCUT2D eigenvalue weighted by Crippen LogP contribution is 2.30. The van der Waals surface area contributed by atoms with Crippen LogP contribution >= 0.6 is 0 Å². The van der Waals surface area contributed by atoms with Gasteiger partial charge in [-0.1, -0.05) is 30.3 Å². The number of carbonyl (C=O) groups is 2. The Bertz CT molecular complexity index is 905. The largest absolute Gasteiger partial charge is 0.464 e. The van der Waals surface area contributed by atoms with Gasteiger partial charge in [-0.25, -0.2) is 14.6 Å². The zero-order valence-corrected chi connectivity index (χ0v) is 16.5. The first-order chi connectivity index (χ1) is 14.0. The van der Waals surface area contributed by atoms with Crippen molar-refractivity contribution in [1.29, 1.82) is 0 Å². The van der Waals surface area contributed by atoms with Crippen molar-refractivity contribution < 1.29 is 28.8 Å². The number of aromatic nitrogens is 1. The molecule has 0 aliphatic heterocycles. The monoisotopic (exact) mass is 402 g/mol. The first kappa shape index (κ1) is 21.6. The third kappa shape index (κ3) is 5.91. The van der Waals surface area contributed by atoms with Crippen molar-refractivity contribution in [3.05, 3.63) is 52.8 Å². The number of amides is 1. The highest BCUT2D eigenvalue weighted by atomic mass is 17.2. The summed E-state index contributed by atoms with van der Waals surface area (Å²) in [6.07, 6.45) is 0.626. The summed E-state index contributed by atoms with van der Waals surface area (Å²) in [4.78, 5) is 44.1. The molecule has 0 atom stereocenters. The van der Waals surface area contributed by atoms with E-state index in [-0.39, 0.29) is 17.3 Å². The molecule has 154 valence electrons. The normalized spacial score (nSPS) is 11.4. The molecule has 2 aromatic rings. The van der Waals surface area contributed by atoms with Crippen LogP contribution in [-0.2, 0) is 25.7 Å². The van der Waals surface area contributed by atoms with Crippen LogP contribution in [0.4, 0.5) is 10.5 Å². The Morgan fingerprint density at radius 2 is 1.86 bits per heavy atom. The van der Waals surface area contributed by atoms with E-state index < -0.39 is 12.1 Å². The fourth-order valence-electron chi connectivity index (χ4n) is 2.49. The molecule has 0 radical (unpaired) electrons. The predicted octanol–water partition coefficient (Wildman–Crippen LogP) is 2.65. The van der Waals surface area contributed by atoms with Crippen molar-refractivity contribution in [2.75, 3.05) is 21.3 Å². The Morgan fingerprint density at radius 1 is 1.14 bits per heavy atom. The molecule has 1 heterocycles. The van der Waals surface area contributed by atoms with Gasteiger partial charge in [-0.3, -0.25) is 5.32 Å². The summed E-state index contributed by atoms with van der Waals surface area (Å²) in [5, 5.41) is 2.35. The first-order valence-electron chi connectivity index (χ1n) is 8.49. The summed E-state index contributed by atoms with van der Waals surface area (Å²) in [5.41, 5.74) is 2.88. The molecule has 0 saturated carbocycles. The van der Waals surface area contributed by atoms with E-state index >= 15 is 0 Å². The van der Waals surface area contributed by atoms with Gasteiger partial charge in [0.05, 0.1) is 21.3 Å². The molecule has 0 aliphatic rings. The van der Waals surface area contributed by atoms with E-state index in [4.69, 9.17) is 4.74 Å². The lowest BCUT2D eigenvalue weighted by Gasteiger charge is -2.07. The third-order valence-corrected chi connectivity index (χ3v) is 3.83. The summed E-state index contributed by atoms with van der Waals surface area (Å²) < 4.78 is 9.42. The van der Waals surface area contributed by atoms with E-state index in [0.29, 0.717) is 6.42 Å². The lowest BCUT2D eigenvalue weighted by molar-refractivity contribution is -0.187. The summed E-state index contributed by atoms with van der Waals surface area (Å²) in [7, 11) is 3.75. The molecule has 10 heteroatoms. The SMILES string of the molecule is COOC=NC(=Nc1c(C(=O)OC)[nH]c(C)c1Cc1ccccc1)NC(=O)OC. The average molecular weight is 402 g/mol. The number of guanidine groups is 1. The summed E-state index contributed by atoms with van der Waals surface area (Å²) in [6, 6.07) is 9.65. The fourth-order valence-corrected chi connectivity index (χ4v) is 2.49. The molecule has 1 aromatic carbocycles. The van der Waals surface area contributed by atoms with Crippen LogP contribution in [0.3, 0.4) is 0 Å². The van der Waals surface area contributed by atoms with Crippen molar-refractivity contribution in [2.45, 2.75) is 13.3 Å². The van der Waals surface area contributed by atoms with E-state index in [1.54, 1.807) is 0 Å². The van der Waals surface area contributed by atoms with E-state index in [0.717, 1.165) is 23.2 Å². The number of ether oxygens (including phenoxy) is 2. The standard InChI is InChI=1S/C19H22N4O6/c1-12-14(10-13-8-6-5-7-9-13)15(16(21-12)17(24)26-2)22-18(20-11-29-28-4)23-19(25)27-3/h5-9,11,21H,10H2,1-4H3,(H,22,23,25). The number of nitrogens with zero attached hydrogens (tertiary/aromatic N) is 2. The molecule has 0 unspecified atom stereocenters. The number of H-pyrrole nitrogens is 1. The molecule has 2 N–H and O–H groups in total. The Balaban J connectivity index is 2.56. The number of nitrogens with one attached hydrogen (secondary N) is 2. The Labute approximate surface area is 167 Å². The number of carbonyl (C=O) groups excluding carboxylic acids is 2. The smallest absolute Gasteiger partial charge is 0.413 e. The van der Waals surface area contributed by atoms with Gasteiger partial charge in [-0.05, 0) is 12.5 Å². The second kappa shape index (κ2) is 10.6. The number of aliphatic imine (C=N–C) groups is 2. The zero-order valence-electron chi connectivity index (χ0n) is 16.5. The summed E-state index contributed by atoms with van der Waals surface area (Å²) in [6.45, 7) is 1.81. The number of hydrogen-bond acceptors (Lipinski definition) is 7. The number of aryl methyl sites for hydroxylation is 1. The van der Waals surface area contributed by atoms with Crippen molar-refractivity contribution in [2.24, 2.45) is 9.98 Å². The van der Waals surface area contributed by atoms with Gasteiger partial charge in [0.15, 0.2) is 5.69 Å². The van der Waals surface area contributed by atoms with Gasteiger partial charge in [-0.15, -0.1) is 0 Å². The van der Waals surface area contributed by atoms with E-state index in [1.165, 1.54) is 21.3 Å². The molecule has 29 heavy (non-hydrogen) atoms. The van der Waals surface area contributed by atoms with Gasteiger partial charge in [0.1, 0.15) is 5.69 Å². The minimum absolute atomic E-state index is 0.128. The van der Waals surface area contributed by atoms with Gasteiger partial charge < -0.3 is 19.3 Å². The second-order valence-corrected chi connectivity index (χ2v) is 5.66. The van der Waals surface area contributed by atoms with Gasteiger partial charge in [0.25, 0.3) is 0 Å². The number of methoxy groups -OCH3 is 2. The quantitative estimate of drug-likeness (QED) is 0.252. The average Bonchev–Trinajstić information content (AvgIpc) is 3.03. The molecule has 2 rings (SSSR count). The lowest BCUT2D eigenvalue weighted by Crippen LogP contribution is -2.29. The van der Waals surface area contributed by atoms with Crippen LogP contribution in [0.25, 0.3) is 0 Å². The molecular formula is C19H22N4O6. The van der Waals surface area contributed by atoms with Crippen molar-refractivity contribution >= 4 is 30.1 Å². The molecule has 0 aliphatic carbocycles. The van der Waals surface area contributed by atoms with Gasteiger partial charge in [0, 0.05) is 17.7 Å². The molecule has 1 amide bonds. The number of esters is 1. The van der Waals surface area contributed by atoms with Crippen LogP contribution < -0.4 is 5.32 Å². The molecule has 0 fully saturated rings. The molecule has 0 bridgehead atoms. The summed E-state index contributed by atoms with van der Waals surface area (Å²) >= 11 is 0. The van der Waals surface area contributed by atoms with E-state index in [2.05, 4.69) is 34.8 Å². The van der Waals surface area contributed by atoms with Crippen LogP contribution in [-0.4, -0.2) is 50.7 Å². The zero-order chi connectivity index (χ0) is 21.2. The predicted molar refractivity (Wildman–Crippen MR) is 105 cm³/mol. The number of aromatic amines is 1. The van der Waals surface area contributed by atoms with Crippen LogP contribution in [0.15, 0.2) is 40.3 Å². The molecule has 1 aromatic heterocycles. The number of benzene rings is 1. The van der Waals surface area contributed by atoms with Crippen LogP contribution in [0.5, 0.6) is 0 Å². The molecule has 0 spiro atoms. The minimum Gasteiger partial charge on any atom is -0.464 e. The second-order valence-electron chi connectivity index (χ2n) is 5.66. The highest BCUT2D eigenvalue weighted by Gasteiger charge is 2.22. The Hall–Kier alpha value is -3.66. The maximum Gasteiger partial charge on any atom is 0.413 e. The Kier molecular flexibility index (Phi) is 7.92. The van der Waals surface area contributed by atoms with Crippen molar-refractivity contribution in [3.63, 3.8) is 0 Å². The lowest BCUT2D eigenvalue weighted by atomic mass is 10.0. The van der Waals surface area contributed by atoms with Crippen LogP contribution in [0, 0.1) is 6.92 Å². The number of hydrogen-bond donors (Lipinski definition) is 2. The van der Waals surface area contributed by atoms with Crippen LogP contribution in [0.2, 0.25) is 0 Å². The van der Waals surface area contributed by atoms with Gasteiger partial charge in [0.2, 0.25) is 12.4 Å². The topological polar surface area (TPSA) is 124 Å². The minimum atomic E-state index is -0.796. The fraction of sp³-hybridized carbons (Fsp3) is 0.263. The highest BCUT2D eigenvalue weighted by molar-refractivity contribution is 6.01. The molecular weight excluding hydrogens is 380 g/mol. The van der Waals surface area contributed by atoms with Crippen molar-refractivity contribution in [1.82, 2.24) is 10.3 Å². The van der Waals surface area contributed by atoms with Gasteiger partial charge >= 0.3 is 12.1 Å². The molecule has 10 nitrogen and oxygen atoms in total. The number of alkyl carbamates (subject to hydrolysis) is 1. The number of rotatable bonds is 6. The van der Waals surface area contributed by atoms with E-state index in [1.807, 2.05) is 37.3 Å². The Morgan fingerprint density at radius 3 is 2.48 bits per heavy atom. The maximum absolute atomic E-state index is 12.3.